The third-order valence-electron chi connectivity index (χ3n) is 1.69. The summed E-state index contributed by atoms with van der Waals surface area (Å²) in [7, 11) is 0. The van der Waals surface area contributed by atoms with Gasteiger partial charge in [-0.1, -0.05) is 24.3 Å². The Bertz CT molecular complexity index is 353. The van der Waals surface area contributed by atoms with Crippen molar-refractivity contribution in [1.82, 2.24) is 0 Å². The van der Waals surface area contributed by atoms with E-state index in [0.29, 0.717) is 0 Å². The maximum atomic E-state index is 5.25. The zero-order valence-corrected chi connectivity index (χ0v) is 8.49. The van der Waals surface area contributed by atoms with E-state index in [0.717, 1.165) is 3.77 Å². The van der Waals surface area contributed by atoms with Crippen LogP contribution < -0.4 is 0 Å². The lowest BCUT2D eigenvalue weighted by atomic mass is 10.1. The van der Waals surface area contributed by atoms with Gasteiger partial charge in [0.05, 0.1) is 6.26 Å². The van der Waals surface area contributed by atoms with Gasteiger partial charge in [-0.25, -0.2) is 0 Å². The molecule has 0 bridgehead atoms. The van der Waals surface area contributed by atoms with Crippen LogP contribution in [0.1, 0.15) is 11.1 Å². The molecule has 0 spiro atoms. The normalized spacial score (nSPS) is 14.2. The average molecular weight is 270 g/mol. The molecular formula is C10H7IO. The molecule has 0 atom stereocenters. The Morgan fingerprint density at radius 3 is 2.67 bits per heavy atom. The largest absolute Gasteiger partial charge is 0.459 e. The first-order valence-corrected chi connectivity index (χ1v) is 4.73. The molecule has 1 aliphatic rings. The molecule has 0 aliphatic carbocycles. The molecule has 0 saturated carbocycles. The van der Waals surface area contributed by atoms with Crippen LogP contribution in [0.3, 0.4) is 0 Å². The monoisotopic (exact) mass is 270 g/mol. The predicted octanol–water partition coefficient (Wildman–Crippen LogP) is 3.42. The maximum Gasteiger partial charge on any atom is 0.164 e. The molecular weight excluding hydrogens is 263 g/mol. The molecule has 0 aromatic heterocycles. The lowest BCUT2D eigenvalue weighted by Crippen LogP contribution is -1.77. The molecule has 0 saturated heterocycles. The quantitative estimate of drug-likeness (QED) is 0.656. The highest BCUT2D eigenvalue weighted by atomic mass is 127. The van der Waals surface area contributed by atoms with Gasteiger partial charge in [0.1, 0.15) is 0 Å². The Hall–Kier alpha value is -0.770. The Kier molecular flexibility index (Phi) is 2.17. The molecule has 1 aromatic rings. The van der Waals surface area contributed by atoms with Crippen LogP contribution in [-0.4, -0.2) is 0 Å². The van der Waals surface area contributed by atoms with Gasteiger partial charge in [-0.05, 0) is 45.9 Å². The molecule has 1 aliphatic heterocycles. The van der Waals surface area contributed by atoms with E-state index in [1.165, 1.54) is 11.1 Å². The van der Waals surface area contributed by atoms with Crippen LogP contribution in [0.2, 0.25) is 0 Å². The highest BCUT2D eigenvalue weighted by molar-refractivity contribution is 14.1. The van der Waals surface area contributed by atoms with Crippen molar-refractivity contribution in [3.05, 3.63) is 45.4 Å². The zero-order chi connectivity index (χ0) is 8.39. The van der Waals surface area contributed by atoms with Crippen molar-refractivity contribution in [3.8, 4) is 0 Å². The van der Waals surface area contributed by atoms with Crippen LogP contribution in [0.25, 0.3) is 12.2 Å². The van der Waals surface area contributed by atoms with Crippen LogP contribution in [0, 0.1) is 0 Å². The summed E-state index contributed by atoms with van der Waals surface area (Å²) >= 11 is 2.17. The topological polar surface area (TPSA) is 9.23 Å². The summed E-state index contributed by atoms with van der Waals surface area (Å²) in [4.78, 5) is 0. The molecule has 12 heavy (non-hydrogen) atoms. The lowest BCUT2D eigenvalue weighted by Gasteiger charge is -1.96. The minimum absolute atomic E-state index is 0.897. The molecule has 0 fully saturated rings. The SMILES string of the molecule is IC1=Cc2ccccc2C=CO1. The van der Waals surface area contributed by atoms with Gasteiger partial charge in [-0.3, -0.25) is 0 Å². The van der Waals surface area contributed by atoms with E-state index in [-0.39, 0.29) is 0 Å². The van der Waals surface area contributed by atoms with E-state index in [1.54, 1.807) is 6.26 Å². The fraction of sp³-hybridized carbons (Fsp3) is 0. The zero-order valence-electron chi connectivity index (χ0n) is 6.33. The number of benzene rings is 1. The van der Waals surface area contributed by atoms with Gasteiger partial charge in [0.25, 0.3) is 0 Å². The van der Waals surface area contributed by atoms with Gasteiger partial charge in [0.15, 0.2) is 3.77 Å². The molecule has 2 heteroatoms. The summed E-state index contributed by atoms with van der Waals surface area (Å²) in [5, 5.41) is 0. The second-order valence-electron chi connectivity index (χ2n) is 2.50. The van der Waals surface area contributed by atoms with Crippen LogP contribution in [0.15, 0.2) is 34.3 Å². The summed E-state index contributed by atoms with van der Waals surface area (Å²) < 4.78 is 6.15. The summed E-state index contributed by atoms with van der Waals surface area (Å²) in [6, 6.07) is 8.20. The van der Waals surface area contributed by atoms with E-state index in [1.807, 2.05) is 24.3 Å². The number of halogens is 1. The fourth-order valence-corrected chi connectivity index (χ4v) is 1.61. The second-order valence-corrected chi connectivity index (χ2v) is 3.56. The van der Waals surface area contributed by atoms with Gasteiger partial charge >= 0.3 is 0 Å². The van der Waals surface area contributed by atoms with Gasteiger partial charge < -0.3 is 4.74 Å². The van der Waals surface area contributed by atoms with Crippen LogP contribution in [0.4, 0.5) is 0 Å². The average Bonchev–Trinajstić information content (AvgIpc) is 2.25. The molecule has 1 heterocycles. The predicted molar refractivity (Wildman–Crippen MR) is 58.6 cm³/mol. The van der Waals surface area contributed by atoms with Crippen molar-refractivity contribution in [3.63, 3.8) is 0 Å². The van der Waals surface area contributed by atoms with Crippen molar-refractivity contribution in [2.24, 2.45) is 0 Å². The maximum absolute atomic E-state index is 5.25. The van der Waals surface area contributed by atoms with Crippen LogP contribution >= 0.6 is 22.6 Å². The Labute approximate surface area is 84.9 Å². The van der Waals surface area contributed by atoms with Crippen molar-refractivity contribution >= 4 is 34.7 Å². The van der Waals surface area contributed by atoms with E-state index in [4.69, 9.17) is 4.74 Å². The minimum atomic E-state index is 0.897. The Morgan fingerprint density at radius 2 is 1.83 bits per heavy atom. The lowest BCUT2D eigenvalue weighted by molar-refractivity contribution is 0.404. The number of hydrogen-bond acceptors (Lipinski definition) is 1. The van der Waals surface area contributed by atoms with E-state index in [2.05, 4.69) is 34.7 Å². The molecule has 0 radical (unpaired) electrons. The van der Waals surface area contributed by atoms with Crippen molar-refractivity contribution in [1.29, 1.82) is 0 Å². The summed E-state index contributed by atoms with van der Waals surface area (Å²) in [6.07, 6.45) is 5.71. The molecule has 2 rings (SSSR count). The smallest absolute Gasteiger partial charge is 0.164 e. The van der Waals surface area contributed by atoms with Crippen molar-refractivity contribution < 1.29 is 4.74 Å². The Morgan fingerprint density at radius 1 is 1.08 bits per heavy atom. The Balaban J connectivity index is 2.58. The molecule has 0 unspecified atom stereocenters. The van der Waals surface area contributed by atoms with E-state index in [9.17, 15) is 0 Å². The van der Waals surface area contributed by atoms with Gasteiger partial charge in [0, 0.05) is 0 Å². The summed E-state index contributed by atoms with van der Waals surface area (Å²) in [5.41, 5.74) is 2.40. The minimum Gasteiger partial charge on any atom is -0.459 e. The molecule has 60 valence electrons. The number of ether oxygens (including phenoxy) is 1. The molecule has 0 amide bonds. The summed E-state index contributed by atoms with van der Waals surface area (Å²) in [6.45, 7) is 0. The third kappa shape index (κ3) is 1.53. The number of hydrogen-bond donors (Lipinski definition) is 0. The highest BCUT2D eigenvalue weighted by Crippen LogP contribution is 2.22. The standard InChI is InChI=1S/C10H7IO/c11-10-7-9-4-2-1-3-8(9)5-6-12-10/h1-7H. The van der Waals surface area contributed by atoms with E-state index < -0.39 is 0 Å². The number of rotatable bonds is 0. The van der Waals surface area contributed by atoms with Gasteiger partial charge in [-0.2, -0.15) is 0 Å². The van der Waals surface area contributed by atoms with Crippen LogP contribution in [0.5, 0.6) is 0 Å². The molecule has 1 nitrogen and oxygen atoms in total. The van der Waals surface area contributed by atoms with Gasteiger partial charge in [0.2, 0.25) is 0 Å². The third-order valence-corrected chi connectivity index (χ3v) is 2.26. The van der Waals surface area contributed by atoms with E-state index >= 15 is 0 Å². The number of fused-ring (bicyclic) bond motifs is 1. The highest BCUT2D eigenvalue weighted by Gasteiger charge is 2.00. The second kappa shape index (κ2) is 3.31. The first-order valence-electron chi connectivity index (χ1n) is 3.66. The molecule has 1 aromatic carbocycles. The summed E-state index contributed by atoms with van der Waals surface area (Å²) in [5.74, 6) is 0. The first kappa shape index (κ1) is 7.86. The van der Waals surface area contributed by atoms with Crippen molar-refractivity contribution in [2.75, 3.05) is 0 Å². The molecule has 0 N–H and O–H groups in total. The first-order chi connectivity index (χ1) is 5.86. The van der Waals surface area contributed by atoms with Gasteiger partial charge in [-0.15, -0.1) is 0 Å². The van der Waals surface area contributed by atoms with Crippen LogP contribution in [-0.2, 0) is 4.74 Å². The van der Waals surface area contributed by atoms with Crippen molar-refractivity contribution in [2.45, 2.75) is 0 Å². The fourth-order valence-electron chi connectivity index (χ4n) is 1.12.